The van der Waals surface area contributed by atoms with Gasteiger partial charge in [0.05, 0.1) is 0 Å². The first-order chi connectivity index (χ1) is 18.0. The van der Waals surface area contributed by atoms with Crippen LogP contribution in [0.2, 0.25) is 0 Å². The van der Waals surface area contributed by atoms with E-state index in [4.69, 9.17) is 0 Å². The van der Waals surface area contributed by atoms with Gasteiger partial charge in [0.2, 0.25) is 0 Å². The smallest absolute Gasteiger partial charge is 0.145 e. The Kier molecular flexibility index (Phi) is 14.7. The van der Waals surface area contributed by atoms with Crippen LogP contribution in [-0.2, 0) is 14.3 Å². The minimum Gasteiger partial charge on any atom is -0.431 e. The lowest BCUT2D eigenvalue weighted by atomic mass is 9.81. The molecule has 2 nitrogen and oxygen atoms in total. The fourth-order valence-electron chi connectivity index (χ4n) is 4.36. The maximum atomic E-state index is 4.39. The van der Waals surface area contributed by atoms with Crippen molar-refractivity contribution < 1.29 is 8.85 Å². The SMILES string of the molecule is CC.CC.CC1(C)c2cc(-c3ccccc3)ccc2-c2ccc(-c3ccccc3)cc21.CO[SiH3].CO[SiH3]. The zero-order valence-electron chi connectivity index (χ0n) is 24.6. The van der Waals surface area contributed by atoms with Crippen LogP contribution in [-0.4, -0.2) is 35.2 Å². The summed E-state index contributed by atoms with van der Waals surface area (Å²) in [6.07, 6.45) is 0. The van der Waals surface area contributed by atoms with E-state index < -0.39 is 0 Å². The Morgan fingerprint density at radius 2 is 0.784 bits per heavy atom. The minimum atomic E-state index is 0.000245. The van der Waals surface area contributed by atoms with Crippen molar-refractivity contribution >= 4 is 21.0 Å². The van der Waals surface area contributed by atoms with Crippen molar-refractivity contribution in [3.8, 4) is 33.4 Å². The summed E-state index contributed by atoms with van der Waals surface area (Å²) < 4.78 is 8.78. The van der Waals surface area contributed by atoms with Gasteiger partial charge in [-0.2, -0.15) is 0 Å². The van der Waals surface area contributed by atoms with Crippen LogP contribution < -0.4 is 0 Å². The van der Waals surface area contributed by atoms with Crippen LogP contribution >= 0.6 is 0 Å². The monoisotopic (exact) mass is 530 g/mol. The van der Waals surface area contributed by atoms with Gasteiger partial charge in [-0.05, 0) is 56.6 Å². The third kappa shape index (κ3) is 8.11. The van der Waals surface area contributed by atoms with Crippen molar-refractivity contribution in [3.63, 3.8) is 0 Å². The van der Waals surface area contributed by atoms with Crippen LogP contribution in [0, 0.1) is 0 Å². The van der Waals surface area contributed by atoms with Crippen LogP contribution in [0.1, 0.15) is 52.7 Å². The molecule has 1 aliphatic carbocycles. The van der Waals surface area contributed by atoms with Gasteiger partial charge in [0, 0.05) is 19.6 Å². The van der Waals surface area contributed by atoms with E-state index in [-0.39, 0.29) is 5.41 Å². The lowest BCUT2D eigenvalue weighted by Crippen LogP contribution is -2.15. The molecule has 0 amide bonds. The molecule has 0 fully saturated rings. The van der Waals surface area contributed by atoms with E-state index in [9.17, 15) is 0 Å². The van der Waals surface area contributed by atoms with E-state index in [2.05, 4.69) is 120 Å². The Morgan fingerprint density at radius 3 is 1.08 bits per heavy atom. The van der Waals surface area contributed by atoms with E-state index in [1.807, 2.05) is 27.7 Å². The van der Waals surface area contributed by atoms with Crippen LogP contribution in [0.5, 0.6) is 0 Å². The molecule has 37 heavy (non-hydrogen) atoms. The van der Waals surface area contributed by atoms with Crippen molar-refractivity contribution in [2.45, 2.75) is 47.0 Å². The average molecular weight is 531 g/mol. The molecule has 198 valence electrons. The topological polar surface area (TPSA) is 18.5 Å². The predicted octanol–water partition coefficient (Wildman–Crippen LogP) is 7.21. The van der Waals surface area contributed by atoms with Gasteiger partial charge in [-0.1, -0.05) is 126 Å². The van der Waals surface area contributed by atoms with Crippen molar-refractivity contribution in [3.05, 3.63) is 108 Å². The quantitative estimate of drug-likeness (QED) is 0.255. The van der Waals surface area contributed by atoms with Gasteiger partial charge in [0.1, 0.15) is 21.0 Å². The first-order valence-electron chi connectivity index (χ1n) is 13.2. The number of fused-ring (bicyclic) bond motifs is 3. The van der Waals surface area contributed by atoms with Gasteiger partial charge in [0.15, 0.2) is 0 Å². The van der Waals surface area contributed by atoms with Crippen LogP contribution in [0.15, 0.2) is 97.1 Å². The largest absolute Gasteiger partial charge is 0.431 e. The van der Waals surface area contributed by atoms with E-state index in [1.54, 1.807) is 14.2 Å². The zero-order chi connectivity index (χ0) is 27.8. The van der Waals surface area contributed by atoms with Crippen LogP contribution in [0.3, 0.4) is 0 Å². The van der Waals surface area contributed by atoms with Crippen molar-refractivity contribution in [2.24, 2.45) is 0 Å². The highest BCUT2D eigenvalue weighted by atomic mass is 28.2. The summed E-state index contributed by atoms with van der Waals surface area (Å²) in [6, 6.07) is 35.2. The average Bonchev–Trinajstić information content (AvgIpc) is 3.18. The Hall–Kier alpha value is -2.77. The molecule has 4 aromatic carbocycles. The molecule has 0 radical (unpaired) electrons. The second-order valence-corrected chi connectivity index (χ2v) is 10.3. The van der Waals surface area contributed by atoms with Crippen molar-refractivity contribution in [2.75, 3.05) is 14.2 Å². The Bertz CT molecular complexity index is 1080. The van der Waals surface area contributed by atoms with Crippen molar-refractivity contribution in [1.29, 1.82) is 0 Å². The van der Waals surface area contributed by atoms with Gasteiger partial charge >= 0.3 is 0 Å². The standard InChI is InChI=1S/C27H22.2C2H6.2CH6OSi/c1-27(2)25-17-21(19-9-5-3-6-10-19)13-15-23(25)24-16-14-22(18-26(24)27)20-11-7-4-8-12-20;2*1-2;2*1-2-3/h3-18H,1-2H3;2*1-2H3;2*1,3H3. The van der Waals surface area contributed by atoms with E-state index in [0.717, 1.165) is 21.0 Å². The molecule has 0 N–H and O–H groups in total. The van der Waals surface area contributed by atoms with E-state index in [1.165, 1.54) is 44.5 Å². The molecule has 0 aromatic heterocycles. The first-order valence-corrected chi connectivity index (χ1v) is 14.8. The third-order valence-corrected chi connectivity index (χ3v) is 5.89. The maximum Gasteiger partial charge on any atom is 0.145 e. The minimum absolute atomic E-state index is 0.000245. The fourth-order valence-corrected chi connectivity index (χ4v) is 4.36. The second kappa shape index (κ2) is 16.9. The Labute approximate surface area is 232 Å². The van der Waals surface area contributed by atoms with Crippen LogP contribution in [0.4, 0.5) is 0 Å². The van der Waals surface area contributed by atoms with Gasteiger partial charge in [-0.15, -0.1) is 0 Å². The number of benzene rings is 4. The van der Waals surface area contributed by atoms with Crippen molar-refractivity contribution in [1.82, 2.24) is 0 Å². The summed E-state index contributed by atoms with van der Waals surface area (Å²) in [7, 11) is 5.11. The summed E-state index contributed by atoms with van der Waals surface area (Å²) in [5, 5.41) is 0. The number of rotatable bonds is 2. The van der Waals surface area contributed by atoms with Gasteiger partial charge in [-0.25, -0.2) is 0 Å². The van der Waals surface area contributed by atoms with Gasteiger partial charge in [-0.3, -0.25) is 0 Å². The molecule has 0 saturated heterocycles. The molecule has 0 heterocycles. The Morgan fingerprint density at radius 1 is 0.486 bits per heavy atom. The molecular weight excluding hydrogens is 485 g/mol. The summed E-state index contributed by atoms with van der Waals surface area (Å²) in [5.41, 5.74) is 10.7. The number of hydrogen-bond donors (Lipinski definition) is 0. The molecule has 0 saturated carbocycles. The molecule has 0 aliphatic heterocycles. The van der Waals surface area contributed by atoms with E-state index in [0.29, 0.717) is 0 Å². The highest BCUT2D eigenvalue weighted by Crippen LogP contribution is 2.50. The molecule has 0 spiro atoms. The van der Waals surface area contributed by atoms with Gasteiger partial charge < -0.3 is 8.85 Å². The molecule has 0 atom stereocenters. The second-order valence-electron chi connectivity index (χ2n) is 8.69. The summed E-state index contributed by atoms with van der Waals surface area (Å²) in [6.45, 7) is 12.7. The zero-order valence-corrected chi connectivity index (χ0v) is 28.6. The van der Waals surface area contributed by atoms with E-state index >= 15 is 0 Å². The third-order valence-electron chi connectivity index (χ3n) is 5.89. The lowest BCUT2D eigenvalue weighted by molar-refractivity contribution is 0.460. The first kappa shape index (κ1) is 32.3. The highest BCUT2D eigenvalue weighted by Gasteiger charge is 2.35. The molecule has 0 unspecified atom stereocenters. The normalized spacial score (nSPS) is 11.6. The van der Waals surface area contributed by atoms with Gasteiger partial charge in [0.25, 0.3) is 0 Å². The molecule has 1 aliphatic rings. The molecule has 0 bridgehead atoms. The maximum absolute atomic E-state index is 4.39. The molecular formula is C33H46O2Si2. The predicted molar refractivity (Wildman–Crippen MR) is 171 cm³/mol. The fraction of sp³-hybridized carbons (Fsp3) is 0.273. The summed E-state index contributed by atoms with van der Waals surface area (Å²) >= 11 is 0. The highest BCUT2D eigenvalue weighted by molar-refractivity contribution is 5.97. The van der Waals surface area contributed by atoms with Crippen LogP contribution in [0.25, 0.3) is 33.4 Å². The summed E-state index contributed by atoms with van der Waals surface area (Å²) in [5.74, 6) is 0. The Balaban J connectivity index is 0.000000606. The molecule has 4 aromatic rings. The molecule has 5 rings (SSSR count). The summed E-state index contributed by atoms with van der Waals surface area (Å²) in [4.78, 5) is 0. The molecule has 4 heteroatoms. The lowest BCUT2D eigenvalue weighted by Gasteiger charge is -2.22. The number of hydrogen-bond acceptors (Lipinski definition) is 2.